The van der Waals surface area contributed by atoms with Crippen molar-refractivity contribution in [3.63, 3.8) is 0 Å². The lowest BCUT2D eigenvalue weighted by Gasteiger charge is -2.01. The first-order valence-corrected chi connectivity index (χ1v) is 4.29. The maximum Gasteiger partial charge on any atom is 0.308 e. The number of aromatic nitrogens is 1. The van der Waals surface area contributed by atoms with Crippen LogP contribution in [0.5, 0.6) is 5.75 Å². The topological polar surface area (TPSA) is 39.2 Å². The van der Waals surface area contributed by atoms with E-state index in [4.69, 9.17) is 4.74 Å². The largest absolute Gasteiger partial charge is 0.427 e. The van der Waals surface area contributed by atoms with Gasteiger partial charge in [-0.15, -0.1) is 0 Å². The van der Waals surface area contributed by atoms with Gasteiger partial charge in [0.2, 0.25) is 0 Å². The number of carbonyl (C=O) groups is 1. The molecule has 70 valence electrons. The highest BCUT2D eigenvalue weighted by Gasteiger charge is 1.99. The fraction of sp³-hybridized carbons (Fsp3) is 0.0909. The fourth-order valence-corrected chi connectivity index (χ4v) is 1.28. The van der Waals surface area contributed by atoms with Crippen LogP contribution >= 0.6 is 0 Å². The minimum absolute atomic E-state index is 0.319. The zero-order valence-corrected chi connectivity index (χ0v) is 7.73. The summed E-state index contributed by atoms with van der Waals surface area (Å²) >= 11 is 0. The minimum Gasteiger partial charge on any atom is -0.427 e. The van der Waals surface area contributed by atoms with E-state index < -0.39 is 0 Å². The molecule has 0 unspecified atom stereocenters. The van der Waals surface area contributed by atoms with Crippen LogP contribution in [0, 0.1) is 0 Å². The smallest absolute Gasteiger partial charge is 0.308 e. The number of benzene rings is 1. The van der Waals surface area contributed by atoms with Gasteiger partial charge in [0.15, 0.2) is 0 Å². The Kier molecular flexibility index (Phi) is 2.14. The zero-order valence-electron chi connectivity index (χ0n) is 7.73. The molecular formula is C11H9NO2. The summed E-state index contributed by atoms with van der Waals surface area (Å²) < 4.78 is 4.94. The molecule has 0 N–H and O–H groups in total. The van der Waals surface area contributed by atoms with Crippen molar-refractivity contribution in [1.82, 2.24) is 4.98 Å². The van der Waals surface area contributed by atoms with Gasteiger partial charge < -0.3 is 4.74 Å². The molecule has 0 spiro atoms. The molecule has 2 rings (SSSR count). The van der Waals surface area contributed by atoms with Crippen molar-refractivity contribution in [2.24, 2.45) is 0 Å². The monoisotopic (exact) mass is 187 g/mol. The molecule has 0 radical (unpaired) electrons. The van der Waals surface area contributed by atoms with E-state index in [1.165, 1.54) is 6.92 Å². The van der Waals surface area contributed by atoms with Crippen molar-refractivity contribution in [3.05, 3.63) is 36.5 Å². The summed E-state index contributed by atoms with van der Waals surface area (Å²) in [5, 5.41) is 1.03. The van der Waals surface area contributed by atoms with Gasteiger partial charge in [-0.05, 0) is 18.2 Å². The summed E-state index contributed by atoms with van der Waals surface area (Å²) in [5.41, 5.74) is 0.825. The van der Waals surface area contributed by atoms with E-state index in [-0.39, 0.29) is 5.97 Å². The number of nitrogens with zero attached hydrogens (tertiary/aromatic N) is 1. The fourth-order valence-electron chi connectivity index (χ4n) is 1.28. The summed E-state index contributed by atoms with van der Waals surface area (Å²) in [5.74, 6) is 0.212. The average Bonchev–Trinajstić information content (AvgIpc) is 2.17. The van der Waals surface area contributed by atoms with Crippen molar-refractivity contribution in [1.29, 1.82) is 0 Å². The molecule has 0 fully saturated rings. The molecule has 0 saturated heterocycles. The van der Waals surface area contributed by atoms with Gasteiger partial charge in [0.25, 0.3) is 0 Å². The number of hydrogen-bond donors (Lipinski definition) is 0. The molecule has 1 aromatic heterocycles. The second-order valence-corrected chi connectivity index (χ2v) is 2.95. The molecule has 1 aromatic carbocycles. The van der Waals surface area contributed by atoms with E-state index in [9.17, 15) is 4.79 Å². The average molecular weight is 187 g/mol. The van der Waals surface area contributed by atoms with Gasteiger partial charge in [0.05, 0.1) is 5.52 Å². The van der Waals surface area contributed by atoms with Crippen molar-refractivity contribution >= 4 is 16.9 Å². The highest BCUT2D eigenvalue weighted by Crippen LogP contribution is 2.18. The second kappa shape index (κ2) is 3.46. The molecule has 0 aliphatic rings. The molecular weight excluding hydrogens is 178 g/mol. The Morgan fingerprint density at radius 3 is 3.00 bits per heavy atom. The van der Waals surface area contributed by atoms with Crippen LogP contribution in [0.1, 0.15) is 6.92 Å². The van der Waals surface area contributed by atoms with Crippen LogP contribution in [-0.2, 0) is 4.79 Å². The number of carbonyl (C=O) groups excluding carboxylic acids is 1. The van der Waals surface area contributed by atoms with E-state index in [2.05, 4.69) is 4.98 Å². The van der Waals surface area contributed by atoms with Crippen LogP contribution < -0.4 is 4.74 Å². The predicted octanol–water partition coefficient (Wildman–Crippen LogP) is 2.16. The van der Waals surface area contributed by atoms with E-state index >= 15 is 0 Å². The Labute approximate surface area is 81.3 Å². The first-order valence-electron chi connectivity index (χ1n) is 4.29. The molecule has 3 nitrogen and oxygen atoms in total. The third-order valence-electron chi connectivity index (χ3n) is 1.84. The van der Waals surface area contributed by atoms with Crippen LogP contribution in [-0.4, -0.2) is 11.0 Å². The van der Waals surface area contributed by atoms with Crippen molar-refractivity contribution in [2.45, 2.75) is 6.92 Å². The lowest BCUT2D eigenvalue weighted by atomic mass is 10.2. The summed E-state index contributed by atoms with van der Waals surface area (Å²) in [7, 11) is 0. The minimum atomic E-state index is -0.319. The van der Waals surface area contributed by atoms with Gasteiger partial charge in [0.1, 0.15) is 5.75 Å². The van der Waals surface area contributed by atoms with Gasteiger partial charge >= 0.3 is 5.97 Å². The first kappa shape index (κ1) is 8.69. The van der Waals surface area contributed by atoms with Gasteiger partial charge in [-0.1, -0.05) is 6.07 Å². The highest BCUT2D eigenvalue weighted by atomic mass is 16.5. The van der Waals surface area contributed by atoms with Gasteiger partial charge in [-0.2, -0.15) is 0 Å². The molecule has 0 amide bonds. The number of ether oxygens (including phenoxy) is 1. The van der Waals surface area contributed by atoms with Crippen molar-refractivity contribution in [2.75, 3.05) is 0 Å². The zero-order chi connectivity index (χ0) is 9.97. The van der Waals surface area contributed by atoms with E-state index in [1.807, 2.05) is 18.2 Å². The van der Waals surface area contributed by atoms with Crippen molar-refractivity contribution < 1.29 is 9.53 Å². The Morgan fingerprint density at radius 2 is 2.21 bits per heavy atom. The molecule has 0 aliphatic carbocycles. The molecule has 2 aromatic rings. The summed E-state index contributed by atoms with van der Waals surface area (Å²) in [4.78, 5) is 14.9. The Balaban J connectivity index is 2.46. The van der Waals surface area contributed by atoms with Gasteiger partial charge in [-0.3, -0.25) is 9.78 Å². The predicted molar refractivity (Wildman–Crippen MR) is 53.1 cm³/mol. The molecule has 0 atom stereocenters. The second-order valence-electron chi connectivity index (χ2n) is 2.95. The first-order chi connectivity index (χ1) is 6.75. The molecule has 1 heterocycles. The van der Waals surface area contributed by atoms with E-state index in [1.54, 1.807) is 18.3 Å². The summed E-state index contributed by atoms with van der Waals surface area (Å²) in [6, 6.07) is 9.20. The Bertz CT molecular complexity index is 479. The summed E-state index contributed by atoms with van der Waals surface area (Å²) in [6.45, 7) is 1.38. The number of pyridine rings is 1. The number of esters is 1. The van der Waals surface area contributed by atoms with Crippen LogP contribution in [0.15, 0.2) is 36.5 Å². The van der Waals surface area contributed by atoms with Crippen LogP contribution in [0.4, 0.5) is 0 Å². The molecule has 0 aliphatic heterocycles. The van der Waals surface area contributed by atoms with Crippen LogP contribution in [0.25, 0.3) is 10.9 Å². The molecule has 0 saturated carbocycles. The normalized spacial score (nSPS) is 10.1. The lowest BCUT2D eigenvalue weighted by Crippen LogP contribution is -2.00. The Morgan fingerprint density at radius 1 is 1.36 bits per heavy atom. The lowest BCUT2D eigenvalue weighted by molar-refractivity contribution is -0.131. The van der Waals surface area contributed by atoms with Gasteiger partial charge in [-0.25, -0.2) is 0 Å². The van der Waals surface area contributed by atoms with Gasteiger partial charge in [0, 0.05) is 24.6 Å². The molecule has 0 bridgehead atoms. The third-order valence-corrected chi connectivity index (χ3v) is 1.84. The maximum atomic E-state index is 10.7. The van der Waals surface area contributed by atoms with Crippen LogP contribution in [0.3, 0.4) is 0 Å². The SMILES string of the molecule is CC(=O)Oc1ccc2cccnc2c1. The number of hydrogen-bond acceptors (Lipinski definition) is 3. The quantitative estimate of drug-likeness (QED) is 0.507. The molecule has 3 heteroatoms. The molecule has 14 heavy (non-hydrogen) atoms. The standard InChI is InChI=1S/C11H9NO2/c1-8(13)14-10-5-4-9-3-2-6-12-11(9)7-10/h2-7H,1H3. The van der Waals surface area contributed by atoms with Crippen molar-refractivity contribution in [3.8, 4) is 5.75 Å². The van der Waals surface area contributed by atoms with E-state index in [0.717, 1.165) is 10.9 Å². The highest BCUT2D eigenvalue weighted by molar-refractivity contribution is 5.80. The summed E-state index contributed by atoms with van der Waals surface area (Å²) in [6.07, 6.45) is 1.71. The number of fused-ring (bicyclic) bond motifs is 1. The van der Waals surface area contributed by atoms with E-state index in [0.29, 0.717) is 5.75 Å². The third kappa shape index (κ3) is 1.71. The Hall–Kier alpha value is -1.90. The maximum absolute atomic E-state index is 10.7. The van der Waals surface area contributed by atoms with Crippen LogP contribution in [0.2, 0.25) is 0 Å². The number of rotatable bonds is 1.